The third kappa shape index (κ3) is 1.91. The highest BCUT2D eigenvalue weighted by molar-refractivity contribution is 5.49. The third-order valence-corrected chi connectivity index (χ3v) is 3.34. The lowest BCUT2D eigenvalue weighted by atomic mass is 9.93. The molecule has 1 aliphatic rings. The number of aromatic nitrogens is 1. The number of nitrogens with zero attached hydrogens (tertiary/aromatic N) is 2. The van der Waals surface area contributed by atoms with E-state index < -0.39 is 5.85 Å². The summed E-state index contributed by atoms with van der Waals surface area (Å²) in [5.74, 6) is -2.35. The van der Waals surface area contributed by atoms with Crippen LogP contribution in [0.5, 0.6) is 0 Å². The van der Waals surface area contributed by atoms with E-state index in [9.17, 15) is 9.50 Å². The second-order valence-corrected chi connectivity index (χ2v) is 4.59. The minimum Gasteiger partial charge on any atom is -0.358 e. The van der Waals surface area contributed by atoms with Crippen molar-refractivity contribution in [1.82, 2.24) is 4.98 Å². The molecule has 0 radical (unpaired) electrons. The van der Waals surface area contributed by atoms with Crippen LogP contribution in [0.1, 0.15) is 47.3 Å². The summed E-state index contributed by atoms with van der Waals surface area (Å²) in [4.78, 5) is 4.17. The first kappa shape index (κ1) is 12.0. The normalized spacial score (nSPS) is 23.7. The van der Waals surface area contributed by atoms with E-state index in [1.54, 1.807) is 13.8 Å². The number of pyridine rings is 1. The van der Waals surface area contributed by atoms with Crippen molar-refractivity contribution >= 4 is 0 Å². The summed E-state index contributed by atoms with van der Waals surface area (Å²) in [5, 5.41) is 19.0. The Balaban J connectivity index is 2.77. The van der Waals surface area contributed by atoms with Gasteiger partial charge in [-0.15, -0.1) is 0 Å². The van der Waals surface area contributed by atoms with E-state index in [1.807, 2.05) is 0 Å². The quantitative estimate of drug-likeness (QED) is 0.701. The number of hydrogen-bond donors (Lipinski definition) is 1. The number of fused-ring (bicyclic) bond motifs is 1. The van der Waals surface area contributed by atoms with Crippen LogP contribution in [-0.4, -0.2) is 10.1 Å². The molecule has 2 rings (SSSR count). The Morgan fingerprint density at radius 1 is 1.35 bits per heavy atom. The predicted octanol–water partition coefficient (Wildman–Crippen LogP) is 2.41. The Morgan fingerprint density at radius 2 is 2.06 bits per heavy atom. The van der Waals surface area contributed by atoms with E-state index in [-0.39, 0.29) is 12.0 Å². The van der Waals surface area contributed by atoms with Gasteiger partial charge in [0, 0.05) is 17.7 Å². The Morgan fingerprint density at radius 3 is 2.71 bits per heavy atom. The average Bonchev–Trinajstić information content (AvgIpc) is 2.37. The number of rotatable bonds is 0. The van der Waals surface area contributed by atoms with E-state index in [4.69, 9.17) is 5.26 Å². The average molecular weight is 234 g/mol. The molecule has 1 unspecified atom stereocenters. The van der Waals surface area contributed by atoms with Crippen molar-refractivity contribution in [2.45, 2.75) is 45.4 Å². The topological polar surface area (TPSA) is 56.9 Å². The molecule has 0 saturated heterocycles. The van der Waals surface area contributed by atoms with E-state index >= 15 is 0 Å². The van der Waals surface area contributed by atoms with Crippen LogP contribution in [0, 0.1) is 25.2 Å². The lowest BCUT2D eigenvalue weighted by Gasteiger charge is -2.22. The molecule has 17 heavy (non-hydrogen) atoms. The second kappa shape index (κ2) is 4.08. The summed E-state index contributed by atoms with van der Waals surface area (Å²) in [5.41, 5.74) is 2.38. The van der Waals surface area contributed by atoms with Crippen molar-refractivity contribution in [1.29, 1.82) is 5.26 Å². The van der Waals surface area contributed by atoms with Gasteiger partial charge in [0.2, 0.25) is 5.85 Å². The molecular weight excluding hydrogens is 219 g/mol. The van der Waals surface area contributed by atoms with Gasteiger partial charge in [-0.05, 0) is 38.7 Å². The van der Waals surface area contributed by atoms with Crippen molar-refractivity contribution in [3.8, 4) is 6.07 Å². The van der Waals surface area contributed by atoms with Gasteiger partial charge in [-0.2, -0.15) is 5.26 Å². The summed E-state index contributed by atoms with van der Waals surface area (Å²) < 4.78 is 14.2. The molecule has 1 aromatic rings. The van der Waals surface area contributed by atoms with Crippen LogP contribution in [-0.2, 0) is 12.3 Å². The lowest BCUT2D eigenvalue weighted by Crippen LogP contribution is -2.23. The molecule has 0 saturated carbocycles. The summed E-state index contributed by atoms with van der Waals surface area (Å²) in [6, 6.07) is 2.08. The predicted molar refractivity (Wildman–Crippen MR) is 61.0 cm³/mol. The summed E-state index contributed by atoms with van der Waals surface area (Å²) >= 11 is 0. The maximum absolute atomic E-state index is 14.2. The first-order valence-electron chi connectivity index (χ1n) is 5.79. The number of alkyl halides is 1. The fourth-order valence-corrected chi connectivity index (χ4v) is 2.62. The Bertz CT molecular complexity index is 503. The fourth-order valence-electron chi connectivity index (χ4n) is 2.62. The van der Waals surface area contributed by atoms with Gasteiger partial charge in [0.25, 0.3) is 0 Å². The molecule has 1 atom stereocenters. The van der Waals surface area contributed by atoms with Gasteiger partial charge in [0.05, 0.1) is 11.3 Å². The molecule has 0 aliphatic heterocycles. The van der Waals surface area contributed by atoms with Crippen molar-refractivity contribution in [2.75, 3.05) is 0 Å². The van der Waals surface area contributed by atoms with Gasteiger partial charge in [0.15, 0.2) is 0 Å². The summed E-state index contributed by atoms with van der Waals surface area (Å²) in [7, 11) is 0. The van der Waals surface area contributed by atoms with Gasteiger partial charge in [-0.1, -0.05) is 0 Å². The SMILES string of the molecule is Cc1nc(C)c2c(c1C#N)CCCCC2(O)F. The molecule has 1 N–H and O–H groups in total. The van der Waals surface area contributed by atoms with E-state index in [2.05, 4.69) is 11.1 Å². The third-order valence-electron chi connectivity index (χ3n) is 3.34. The standard InChI is InChI=1S/C13H15FN2O/c1-8-11(7-15)10-5-3-4-6-13(14,17)12(10)9(2)16-8/h17H,3-6H2,1-2H3. The van der Waals surface area contributed by atoms with Crippen molar-refractivity contribution < 1.29 is 9.50 Å². The number of hydrogen-bond acceptors (Lipinski definition) is 3. The first-order chi connectivity index (χ1) is 7.97. The zero-order valence-corrected chi connectivity index (χ0v) is 10.0. The highest BCUT2D eigenvalue weighted by atomic mass is 19.2. The maximum atomic E-state index is 14.2. The number of halogens is 1. The van der Waals surface area contributed by atoms with Crippen LogP contribution in [0.25, 0.3) is 0 Å². The van der Waals surface area contributed by atoms with E-state index in [0.29, 0.717) is 35.4 Å². The smallest absolute Gasteiger partial charge is 0.235 e. The van der Waals surface area contributed by atoms with Crippen molar-refractivity contribution in [2.24, 2.45) is 0 Å². The molecule has 0 bridgehead atoms. The lowest BCUT2D eigenvalue weighted by molar-refractivity contribution is -0.103. The summed E-state index contributed by atoms with van der Waals surface area (Å²) in [6.07, 6.45) is 2.12. The molecule has 1 heterocycles. The summed E-state index contributed by atoms with van der Waals surface area (Å²) in [6.45, 7) is 3.43. The van der Waals surface area contributed by atoms with Crippen LogP contribution in [0.4, 0.5) is 4.39 Å². The molecule has 90 valence electrons. The molecule has 4 heteroatoms. The maximum Gasteiger partial charge on any atom is 0.235 e. The van der Waals surface area contributed by atoms with Crippen LogP contribution >= 0.6 is 0 Å². The Labute approximate surface area is 99.9 Å². The number of aryl methyl sites for hydroxylation is 2. The van der Waals surface area contributed by atoms with Crippen molar-refractivity contribution in [3.63, 3.8) is 0 Å². The van der Waals surface area contributed by atoms with Gasteiger partial charge < -0.3 is 5.11 Å². The second-order valence-electron chi connectivity index (χ2n) is 4.59. The molecule has 0 aromatic carbocycles. The van der Waals surface area contributed by atoms with Gasteiger partial charge in [0.1, 0.15) is 6.07 Å². The molecular formula is C13H15FN2O. The van der Waals surface area contributed by atoms with Gasteiger partial charge in [-0.25, -0.2) is 4.39 Å². The fraction of sp³-hybridized carbons (Fsp3) is 0.538. The van der Waals surface area contributed by atoms with Crippen LogP contribution in [0.3, 0.4) is 0 Å². The minimum absolute atomic E-state index is 0.0798. The van der Waals surface area contributed by atoms with Gasteiger partial charge in [-0.3, -0.25) is 4.98 Å². The van der Waals surface area contributed by atoms with Crippen LogP contribution in [0.15, 0.2) is 0 Å². The van der Waals surface area contributed by atoms with E-state index in [0.717, 1.165) is 6.42 Å². The number of aliphatic hydroxyl groups is 1. The first-order valence-corrected chi connectivity index (χ1v) is 5.79. The molecule has 0 spiro atoms. The highest BCUT2D eigenvalue weighted by Gasteiger charge is 2.36. The number of nitriles is 1. The molecule has 3 nitrogen and oxygen atoms in total. The molecule has 0 amide bonds. The molecule has 0 fully saturated rings. The monoisotopic (exact) mass is 234 g/mol. The minimum atomic E-state index is -2.35. The molecule has 1 aliphatic carbocycles. The molecule has 1 aromatic heterocycles. The Hall–Kier alpha value is -1.47. The highest BCUT2D eigenvalue weighted by Crippen LogP contribution is 2.38. The van der Waals surface area contributed by atoms with Crippen molar-refractivity contribution in [3.05, 3.63) is 28.1 Å². The van der Waals surface area contributed by atoms with Crippen LogP contribution in [0.2, 0.25) is 0 Å². The van der Waals surface area contributed by atoms with E-state index in [1.165, 1.54) is 0 Å². The van der Waals surface area contributed by atoms with Crippen LogP contribution < -0.4 is 0 Å². The zero-order chi connectivity index (χ0) is 12.6. The largest absolute Gasteiger partial charge is 0.358 e. The van der Waals surface area contributed by atoms with Gasteiger partial charge >= 0.3 is 0 Å². The zero-order valence-electron chi connectivity index (χ0n) is 10.0. The Kier molecular flexibility index (Phi) is 2.88.